The van der Waals surface area contributed by atoms with Crippen LogP contribution >= 0.6 is 0 Å². The number of hydrogen-bond acceptors (Lipinski definition) is 13. The lowest BCUT2D eigenvalue weighted by molar-refractivity contribution is -0.175. The van der Waals surface area contributed by atoms with Gasteiger partial charge in [-0.1, -0.05) is 118 Å². The van der Waals surface area contributed by atoms with Gasteiger partial charge in [0.15, 0.2) is 24.4 Å². The van der Waals surface area contributed by atoms with Crippen molar-refractivity contribution in [1.29, 1.82) is 0 Å². The van der Waals surface area contributed by atoms with Gasteiger partial charge < -0.3 is 44.1 Å². The smallest absolute Gasteiger partial charge is 0.344 e. The van der Waals surface area contributed by atoms with Crippen LogP contribution in [0.25, 0.3) is 0 Å². The fraction of sp³-hybridized carbons (Fsp3) is 0.667. The topological polar surface area (TPSA) is 215 Å². The average Bonchev–Trinajstić information content (AvgIpc) is 3.32. The number of benzene rings is 2. The van der Waals surface area contributed by atoms with Gasteiger partial charge in [-0.2, -0.15) is 0 Å². The van der Waals surface area contributed by atoms with Crippen LogP contribution in [-0.4, -0.2) is 155 Å². The van der Waals surface area contributed by atoms with Crippen LogP contribution in [0.1, 0.15) is 159 Å². The molecule has 0 radical (unpaired) electrons. The SMILES string of the molecule is CN[C@@H](CC(C)C)C(=O)O[C@H](Cc1ccc(C(C)(C)C)cc1)C(=O)N(C)[C@@H](CC(C)(C)F)C(=O)O[C@H](C)C(=O)N(C)[C@@H](CC(C)C)C(=O)O[C@H](Cc1ccc(C(C)(C)C)cc1)C(=O)N(C)[C@@H](CC(C)(C)F)C(=O)O[C@H](C)C(=O)O. The molecule has 0 saturated carbocycles. The lowest BCUT2D eigenvalue weighted by Gasteiger charge is -2.35. The van der Waals surface area contributed by atoms with E-state index in [9.17, 15) is 43.5 Å². The number of hydrogen-bond donors (Lipinski definition) is 2. The fourth-order valence-electron chi connectivity index (χ4n) is 8.66. The molecule has 0 aromatic heterocycles. The van der Waals surface area contributed by atoms with E-state index < -0.39 is 120 Å². The minimum atomic E-state index is -2.08. The van der Waals surface area contributed by atoms with Crippen LogP contribution in [0.2, 0.25) is 0 Å². The maximum absolute atomic E-state index is 15.7. The number of carboxylic acids is 1. The van der Waals surface area contributed by atoms with E-state index in [1.165, 1.54) is 55.8 Å². The molecule has 0 spiro atoms. The van der Waals surface area contributed by atoms with E-state index in [0.29, 0.717) is 17.5 Å². The number of amides is 3. The molecule has 19 heteroatoms. The Labute approximate surface area is 468 Å². The number of carboxylic acid groups (broad SMARTS) is 1. The molecule has 2 aromatic rings. The van der Waals surface area contributed by atoms with E-state index in [1.807, 2.05) is 71.0 Å². The second-order valence-corrected chi connectivity index (χ2v) is 25.0. The molecule has 0 aliphatic carbocycles. The quantitative estimate of drug-likeness (QED) is 0.0606. The summed E-state index contributed by atoms with van der Waals surface area (Å²) in [5.74, 6) is -8.51. The lowest BCUT2D eigenvalue weighted by Crippen LogP contribution is -2.54. The van der Waals surface area contributed by atoms with Crippen LogP contribution in [0.15, 0.2) is 48.5 Å². The summed E-state index contributed by atoms with van der Waals surface area (Å²) in [7, 11) is 5.31. The average molecular weight is 1120 g/mol. The molecule has 0 saturated heterocycles. The van der Waals surface area contributed by atoms with Crippen molar-refractivity contribution in [2.75, 3.05) is 28.2 Å². The van der Waals surface area contributed by atoms with Crippen LogP contribution in [0.3, 0.4) is 0 Å². The molecule has 2 N–H and O–H groups in total. The summed E-state index contributed by atoms with van der Waals surface area (Å²) in [5, 5.41) is 12.4. The van der Waals surface area contributed by atoms with E-state index in [4.69, 9.17) is 18.9 Å². The van der Waals surface area contributed by atoms with Crippen LogP contribution in [0.5, 0.6) is 0 Å². The number of carbonyl (C=O) groups is 8. The minimum Gasteiger partial charge on any atom is -0.479 e. The molecular formula is C60H92F2N4O13. The van der Waals surface area contributed by atoms with Gasteiger partial charge in [0, 0.05) is 46.8 Å². The van der Waals surface area contributed by atoms with Crippen molar-refractivity contribution in [2.45, 2.75) is 220 Å². The van der Waals surface area contributed by atoms with Crippen molar-refractivity contribution < 1.29 is 71.2 Å². The molecule has 444 valence electrons. The Bertz CT molecular complexity index is 2380. The predicted molar refractivity (Wildman–Crippen MR) is 297 cm³/mol. The summed E-state index contributed by atoms with van der Waals surface area (Å²) in [6.45, 7) is 26.7. The first-order valence-corrected chi connectivity index (χ1v) is 27.2. The second-order valence-electron chi connectivity index (χ2n) is 25.0. The van der Waals surface area contributed by atoms with Crippen molar-refractivity contribution in [3.8, 4) is 0 Å². The van der Waals surface area contributed by atoms with Gasteiger partial charge in [-0.3, -0.25) is 19.2 Å². The highest BCUT2D eigenvalue weighted by molar-refractivity contribution is 5.93. The molecule has 2 rings (SSSR count). The number of carbonyl (C=O) groups excluding carboxylic acids is 7. The monoisotopic (exact) mass is 1110 g/mol. The highest BCUT2D eigenvalue weighted by atomic mass is 19.1. The highest BCUT2D eigenvalue weighted by Crippen LogP contribution is 2.28. The number of likely N-dealkylation sites (N-methyl/N-ethyl adjacent to an activating group) is 4. The first-order valence-electron chi connectivity index (χ1n) is 27.2. The van der Waals surface area contributed by atoms with E-state index in [2.05, 4.69) is 26.1 Å². The van der Waals surface area contributed by atoms with E-state index in [-0.39, 0.29) is 41.9 Å². The molecule has 0 heterocycles. The maximum Gasteiger partial charge on any atom is 0.344 e. The standard InChI is InChI=1S/C60H92F2N4O13/c1-35(2)29-43(63-17)53(72)78-47(31-39-21-25-41(26-22-39)57(7,8)9)50(68)65(19)45(33-59(13,14)61)55(74)76-37(5)49(67)64(18)44(30-36(3)4)54(73)79-48(32-40-23-27-42(28-24-40)58(10,11)12)51(69)66(20)46(34-60(15,16)62)56(75)77-38(6)52(70)71/h21-28,35-38,43-48,63H,29-34H2,1-20H3,(H,70,71)/t37-,38-,43+,44+,45+,46+,47-,48-/m1/s1. The van der Waals surface area contributed by atoms with Gasteiger partial charge in [0.25, 0.3) is 17.7 Å². The molecule has 17 nitrogen and oxygen atoms in total. The van der Waals surface area contributed by atoms with Crippen molar-refractivity contribution in [2.24, 2.45) is 11.8 Å². The molecule has 79 heavy (non-hydrogen) atoms. The summed E-state index contributed by atoms with van der Waals surface area (Å²) < 4.78 is 53.8. The number of nitrogens with zero attached hydrogens (tertiary/aromatic N) is 3. The summed E-state index contributed by atoms with van der Waals surface area (Å²) in [5.41, 5.74) is -1.40. The zero-order valence-corrected chi connectivity index (χ0v) is 50.6. The fourth-order valence-corrected chi connectivity index (χ4v) is 8.66. The van der Waals surface area contributed by atoms with Crippen LogP contribution in [0, 0.1) is 11.8 Å². The predicted octanol–water partition coefficient (Wildman–Crippen LogP) is 8.28. The van der Waals surface area contributed by atoms with E-state index in [1.54, 1.807) is 33.0 Å². The largest absolute Gasteiger partial charge is 0.479 e. The molecule has 0 unspecified atom stereocenters. The third-order valence-corrected chi connectivity index (χ3v) is 13.5. The number of nitrogens with one attached hydrogen (secondary N) is 1. The first kappa shape index (κ1) is 69.1. The molecular weight excluding hydrogens is 1020 g/mol. The summed E-state index contributed by atoms with van der Waals surface area (Å²) in [6.07, 6.45) is -7.64. The summed E-state index contributed by atoms with van der Waals surface area (Å²) >= 11 is 0. The Hall–Kier alpha value is -5.98. The van der Waals surface area contributed by atoms with Gasteiger partial charge in [0.1, 0.15) is 35.5 Å². The highest BCUT2D eigenvalue weighted by Gasteiger charge is 2.43. The molecule has 0 fully saturated rings. The minimum absolute atomic E-state index is 0.0304. The normalized spacial score (nSPS) is 15.3. The van der Waals surface area contributed by atoms with Gasteiger partial charge in [0.05, 0.1) is 0 Å². The zero-order valence-electron chi connectivity index (χ0n) is 50.6. The zero-order chi connectivity index (χ0) is 60.9. The Morgan fingerprint density at radius 1 is 0.494 bits per heavy atom. The van der Waals surface area contributed by atoms with Crippen molar-refractivity contribution in [1.82, 2.24) is 20.0 Å². The third kappa shape index (κ3) is 22.2. The van der Waals surface area contributed by atoms with Crippen LogP contribution in [0.4, 0.5) is 8.78 Å². The first-order chi connectivity index (χ1) is 36.1. The van der Waals surface area contributed by atoms with E-state index in [0.717, 1.165) is 32.8 Å². The summed E-state index contributed by atoms with van der Waals surface area (Å²) in [6, 6.07) is 9.12. The second kappa shape index (κ2) is 28.9. The van der Waals surface area contributed by atoms with Crippen molar-refractivity contribution in [3.63, 3.8) is 0 Å². The van der Waals surface area contributed by atoms with Gasteiger partial charge in [-0.15, -0.1) is 0 Å². The van der Waals surface area contributed by atoms with Crippen molar-refractivity contribution >= 4 is 47.6 Å². The molecule has 0 aliphatic heterocycles. The Morgan fingerprint density at radius 3 is 1.14 bits per heavy atom. The van der Waals surface area contributed by atoms with Gasteiger partial charge >= 0.3 is 29.8 Å². The van der Waals surface area contributed by atoms with E-state index >= 15 is 8.78 Å². The molecule has 8 atom stereocenters. The van der Waals surface area contributed by atoms with Gasteiger partial charge in [-0.25, -0.2) is 28.0 Å². The third-order valence-electron chi connectivity index (χ3n) is 13.5. The van der Waals surface area contributed by atoms with Gasteiger partial charge in [-0.05, 0) is 106 Å². The molecule has 2 aromatic carbocycles. The number of ether oxygens (including phenoxy) is 4. The molecule has 0 bridgehead atoms. The number of aliphatic carboxylic acids is 1. The molecule has 3 amide bonds. The van der Waals surface area contributed by atoms with Crippen LogP contribution < -0.4 is 5.32 Å². The maximum atomic E-state index is 15.7. The number of alkyl halides is 2. The van der Waals surface area contributed by atoms with Crippen LogP contribution in [-0.2, 0) is 81.0 Å². The van der Waals surface area contributed by atoms with Crippen molar-refractivity contribution in [3.05, 3.63) is 70.8 Å². The number of esters is 4. The summed E-state index contributed by atoms with van der Waals surface area (Å²) in [4.78, 5) is 114. The Balaban J connectivity index is 2.61. The lowest BCUT2D eigenvalue weighted by atomic mass is 9.86. The number of halogens is 2. The Kier molecular flexibility index (Phi) is 25.3. The number of rotatable bonds is 28. The molecule has 0 aliphatic rings. The Morgan fingerprint density at radius 2 is 0.823 bits per heavy atom. The van der Waals surface area contributed by atoms with Gasteiger partial charge in [0.2, 0.25) is 0 Å².